The predicted octanol–water partition coefficient (Wildman–Crippen LogP) is 2.21. The van der Waals surface area contributed by atoms with Crippen LogP contribution in [0, 0.1) is 0 Å². The number of hydrogen-bond acceptors (Lipinski definition) is 5. The molecule has 1 aromatic carbocycles. The normalized spacial score (nSPS) is 17.6. The molecule has 0 atom stereocenters. The van der Waals surface area contributed by atoms with E-state index in [0.29, 0.717) is 19.4 Å². The lowest BCUT2D eigenvalue weighted by atomic mass is 10.1. The molecule has 0 saturated carbocycles. The Bertz CT molecular complexity index is 897. The number of likely N-dealkylation sites (N-methyl/N-ethyl adjacent to an activating group) is 1. The molecule has 2 aromatic rings. The quantitative estimate of drug-likeness (QED) is 0.775. The fourth-order valence-corrected chi connectivity index (χ4v) is 4.15. The van der Waals surface area contributed by atoms with Crippen LogP contribution in [0.2, 0.25) is 0 Å². The van der Waals surface area contributed by atoms with Crippen molar-refractivity contribution in [2.24, 2.45) is 0 Å². The molecule has 1 aromatic heterocycles. The molecule has 2 saturated heterocycles. The van der Waals surface area contributed by atoms with Crippen LogP contribution < -0.4 is 15.1 Å². The van der Waals surface area contributed by atoms with Crippen LogP contribution in [0.4, 0.5) is 11.5 Å². The smallest absolute Gasteiger partial charge is 0.227 e. The van der Waals surface area contributed by atoms with Crippen LogP contribution >= 0.6 is 0 Å². The van der Waals surface area contributed by atoms with E-state index in [2.05, 4.69) is 27.1 Å². The summed E-state index contributed by atoms with van der Waals surface area (Å²) >= 11 is 0. The van der Waals surface area contributed by atoms with Crippen molar-refractivity contribution in [3.8, 4) is 0 Å². The molecule has 7 heteroatoms. The van der Waals surface area contributed by atoms with Crippen LogP contribution in [0.1, 0.15) is 30.4 Å². The predicted molar refractivity (Wildman–Crippen MR) is 122 cm³/mol. The van der Waals surface area contributed by atoms with Gasteiger partial charge in [-0.05, 0) is 55.8 Å². The van der Waals surface area contributed by atoms with Gasteiger partial charge in [0.1, 0.15) is 5.82 Å². The Kier molecular flexibility index (Phi) is 6.82. The van der Waals surface area contributed by atoms with E-state index in [4.69, 9.17) is 0 Å². The second kappa shape index (κ2) is 9.92. The van der Waals surface area contributed by atoms with E-state index >= 15 is 0 Å². The van der Waals surface area contributed by atoms with Crippen molar-refractivity contribution in [1.82, 2.24) is 15.2 Å². The Balaban J connectivity index is 1.25. The number of carbonyl (C=O) groups excluding carboxylic acids is 2. The van der Waals surface area contributed by atoms with Crippen molar-refractivity contribution in [3.05, 3.63) is 53.7 Å². The maximum atomic E-state index is 12.4. The lowest BCUT2D eigenvalue weighted by molar-refractivity contribution is -0.120. The standard InChI is InChI=1S/C24H31N5O2/c1-27-11-3-12-28(15-14-27)22-10-7-20(17-25-22)18-26-23(30)16-19-5-8-21(9-6-19)29-13-2-4-24(29)31/h5-10,17H,2-4,11-16,18H2,1H3,(H,26,30). The topological polar surface area (TPSA) is 68.8 Å². The lowest BCUT2D eigenvalue weighted by Gasteiger charge is -2.21. The van der Waals surface area contributed by atoms with Crippen LogP contribution in [0.15, 0.2) is 42.6 Å². The minimum Gasteiger partial charge on any atom is -0.355 e. The average molecular weight is 422 g/mol. The van der Waals surface area contributed by atoms with Gasteiger partial charge in [0.25, 0.3) is 0 Å². The molecule has 2 fully saturated rings. The van der Waals surface area contributed by atoms with Gasteiger partial charge < -0.3 is 20.0 Å². The first-order valence-electron chi connectivity index (χ1n) is 11.1. The highest BCUT2D eigenvalue weighted by Crippen LogP contribution is 2.21. The minimum absolute atomic E-state index is 0.0235. The number of nitrogens with zero attached hydrogens (tertiary/aromatic N) is 4. The highest BCUT2D eigenvalue weighted by atomic mass is 16.2. The highest BCUT2D eigenvalue weighted by Gasteiger charge is 2.21. The molecule has 31 heavy (non-hydrogen) atoms. The fraction of sp³-hybridized carbons (Fsp3) is 0.458. The Morgan fingerprint density at radius 2 is 1.77 bits per heavy atom. The zero-order chi connectivity index (χ0) is 21.6. The molecule has 2 aliphatic heterocycles. The molecular weight excluding hydrogens is 390 g/mol. The van der Waals surface area contributed by atoms with Gasteiger partial charge in [-0.2, -0.15) is 0 Å². The first-order valence-corrected chi connectivity index (χ1v) is 11.1. The van der Waals surface area contributed by atoms with Gasteiger partial charge >= 0.3 is 0 Å². The van der Waals surface area contributed by atoms with Crippen LogP contribution in [-0.4, -0.2) is 61.5 Å². The number of amides is 2. The summed E-state index contributed by atoms with van der Waals surface area (Å²) in [5.41, 5.74) is 2.84. The summed E-state index contributed by atoms with van der Waals surface area (Å²) in [4.78, 5) is 35.3. The molecule has 3 heterocycles. The minimum atomic E-state index is -0.0235. The molecule has 1 N–H and O–H groups in total. The van der Waals surface area contributed by atoms with E-state index in [1.165, 1.54) is 0 Å². The summed E-state index contributed by atoms with van der Waals surface area (Å²) in [7, 11) is 2.16. The van der Waals surface area contributed by atoms with E-state index in [-0.39, 0.29) is 11.8 Å². The van der Waals surface area contributed by atoms with Crippen LogP contribution in [0.3, 0.4) is 0 Å². The number of anilines is 2. The SMILES string of the molecule is CN1CCCN(c2ccc(CNC(=O)Cc3ccc(N4CCCC4=O)cc3)cn2)CC1. The van der Waals surface area contributed by atoms with Crippen molar-refractivity contribution in [2.75, 3.05) is 49.6 Å². The molecule has 0 spiro atoms. The van der Waals surface area contributed by atoms with Crippen LogP contribution in [0.5, 0.6) is 0 Å². The fourth-order valence-electron chi connectivity index (χ4n) is 4.15. The molecule has 0 bridgehead atoms. The summed E-state index contributed by atoms with van der Waals surface area (Å²) in [6.45, 7) is 5.44. The van der Waals surface area contributed by atoms with Crippen molar-refractivity contribution >= 4 is 23.3 Å². The third-order valence-corrected chi connectivity index (χ3v) is 6.03. The van der Waals surface area contributed by atoms with E-state index in [1.54, 1.807) is 0 Å². The molecule has 7 nitrogen and oxygen atoms in total. The zero-order valence-electron chi connectivity index (χ0n) is 18.2. The Labute approximate surface area is 184 Å². The first-order chi connectivity index (χ1) is 15.1. The van der Waals surface area contributed by atoms with Gasteiger partial charge in [0, 0.05) is 51.0 Å². The molecule has 0 unspecified atom stereocenters. The van der Waals surface area contributed by atoms with Crippen molar-refractivity contribution in [3.63, 3.8) is 0 Å². The molecule has 2 aliphatic rings. The largest absolute Gasteiger partial charge is 0.355 e. The third kappa shape index (κ3) is 5.61. The second-order valence-corrected chi connectivity index (χ2v) is 8.44. The average Bonchev–Trinajstić information content (AvgIpc) is 3.09. The Morgan fingerprint density at radius 3 is 2.48 bits per heavy atom. The molecule has 0 aliphatic carbocycles. The van der Waals surface area contributed by atoms with E-state index in [1.807, 2.05) is 47.5 Å². The monoisotopic (exact) mass is 421 g/mol. The number of nitrogens with one attached hydrogen (secondary N) is 1. The molecule has 0 radical (unpaired) electrons. The maximum absolute atomic E-state index is 12.4. The van der Waals surface area contributed by atoms with Crippen LogP contribution in [-0.2, 0) is 22.6 Å². The molecule has 4 rings (SSSR count). The molecular formula is C24H31N5O2. The third-order valence-electron chi connectivity index (χ3n) is 6.03. The summed E-state index contributed by atoms with van der Waals surface area (Å²) in [5.74, 6) is 1.15. The number of rotatable bonds is 6. The summed E-state index contributed by atoms with van der Waals surface area (Å²) < 4.78 is 0. The van der Waals surface area contributed by atoms with Gasteiger partial charge in [0.2, 0.25) is 11.8 Å². The van der Waals surface area contributed by atoms with Crippen molar-refractivity contribution in [1.29, 1.82) is 0 Å². The van der Waals surface area contributed by atoms with Crippen molar-refractivity contribution < 1.29 is 9.59 Å². The Hall–Kier alpha value is -2.93. The number of pyridine rings is 1. The van der Waals surface area contributed by atoms with Gasteiger partial charge in [-0.25, -0.2) is 4.98 Å². The lowest BCUT2D eigenvalue weighted by Crippen LogP contribution is -2.29. The molecule has 164 valence electrons. The van der Waals surface area contributed by atoms with Gasteiger partial charge in [0.05, 0.1) is 6.42 Å². The van der Waals surface area contributed by atoms with Gasteiger partial charge in [-0.1, -0.05) is 18.2 Å². The second-order valence-electron chi connectivity index (χ2n) is 8.44. The number of hydrogen-bond donors (Lipinski definition) is 1. The maximum Gasteiger partial charge on any atom is 0.227 e. The van der Waals surface area contributed by atoms with Gasteiger partial charge in [-0.15, -0.1) is 0 Å². The molecule has 2 amide bonds. The van der Waals surface area contributed by atoms with Gasteiger partial charge in [-0.3, -0.25) is 9.59 Å². The first kappa shape index (κ1) is 21.3. The van der Waals surface area contributed by atoms with E-state index in [9.17, 15) is 9.59 Å². The summed E-state index contributed by atoms with van der Waals surface area (Å²) in [6, 6.07) is 11.8. The Morgan fingerprint density at radius 1 is 0.968 bits per heavy atom. The summed E-state index contributed by atoms with van der Waals surface area (Å²) in [6.07, 6.45) is 4.85. The summed E-state index contributed by atoms with van der Waals surface area (Å²) in [5, 5.41) is 2.98. The highest BCUT2D eigenvalue weighted by molar-refractivity contribution is 5.95. The van der Waals surface area contributed by atoms with Crippen molar-refractivity contribution in [2.45, 2.75) is 32.2 Å². The number of aromatic nitrogens is 1. The van der Waals surface area contributed by atoms with Crippen LogP contribution in [0.25, 0.3) is 0 Å². The number of benzene rings is 1. The number of carbonyl (C=O) groups is 2. The van der Waals surface area contributed by atoms with E-state index < -0.39 is 0 Å². The van der Waals surface area contributed by atoms with E-state index in [0.717, 1.165) is 68.2 Å². The van der Waals surface area contributed by atoms with Gasteiger partial charge in [0.15, 0.2) is 0 Å². The zero-order valence-corrected chi connectivity index (χ0v) is 18.2.